The number of aromatic amines is 1. The molecule has 0 fully saturated rings. The average molecular weight is 360 g/mol. The molecule has 2 aromatic carbocycles. The van der Waals surface area contributed by atoms with E-state index in [0.29, 0.717) is 18.3 Å². The van der Waals surface area contributed by atoms with Crippen molar-refractivity contribution in [2.45, 2.75) is 6.92 Å². The topological polar surface area (TPSA) is 81.2 Å². The van der Waals surface area contributed by atoms with E-state index in [0.717, 1.165) is 17.0 Å². The van der Waals surface area contributed by atoms with E-state index in [1.807, 2.05) is 0 Å². The molecule has 0 bridgehead atoms. The summed E-state index contributed by atoms with van der Waals surface area (Å²) in [6, 6.07) is 6.95. The summed E-state index contributed by atoms with van der Waals surface area (Å²) >= 11 is 0. The minimum Gasteiger partial charge on any atom is -0.395 e. The lowest BCUT2D eigenvalue weighted by molar-refractivity contribution is 0.102. The Kier molecular flexibility index (Phi) is 5.13. The van der Waals surface area contributed by atoms with Crippen molar-refractivity contribution in [1.29, 1.82) is 0 Å². The number of benzene rings is 2. The van der Waals surface area contributed by atoms with E-state index in [4.69, 9.17) is 5.11 Å². The van der Waals surface area contributed by atoms with E-state index in [1.165, 1.54) is 4.90 Å². The van der Waals surface area contributed by atoms with Crippen molar-refractivity contribution in [2.24, 2.45) is 0 Å². The van der Waals surface area contributed by atoms with Gasteiger partial charge in [0.2, 0.25) is 0 Å². The number of likely N-dealkylation sites (N-methyl/N-ethyl adjacent to an activating group) is 1. The quantitative estimate of drug-likeness (QED) is 0.631. The number of anilines is 2. The third kappa shape index (κ3) is 3.50. The second-order valence-electron chi connectivity index (χ2n) is 5.71. The molecule has 3 N–H and O–H groups in total. The van der Waals surface area contributed by atoms with Crippen LogP contribution in [-0.2, 0) is 0 Å². The molecule has 3 rings (SSSR count). The number of hydrogen-bond donors (Lipinski definition) is 3. The molecule has 6 nitrogen and oxygen atoms in total. The number of halogens is 2. The highest BCUT2D eigenvalue weighted by Crippen LogP contribution is 2.25. The van der Waals surface area contributed by atoms with Crippen LogP contribution in [-0.4, -0.2) is 40.9 Å². The van der Waals surface area contributed by atoms with Gasteiger partial charge in [-0.1, -0.05) is 0 Å². The maximum absolute atomic E-state index is 14.2. The van der Waals surface area contributed by atoms with Crippen molar-refractivity contribution in [3.63, 3.8) is 0 Å². The number of fused-ring (bicyclic) bond motifs is 1. The van der Waals surface area contributed by atoms with E-state index in [1.54, 1.807) is 31.3 Å². The zero-order valence-corrected chi connectivity index (χ0v) is 14.1. The van der Waals surface area contributed by atoms with Gasteiger partial charge in [0.05, 0.1) is 29.6 Å². The molecular weight excluding hydrogens is 342 g/mol. The standard InChI is InChI=1S/C18H18F2N4O2/c1-2-24(5-6-25)17-8-13(14(19)9-15(17)20)18(26)22-12-4-3-11-10-21-23-16(11)7-12/h3-4,7-10,25H,2,5-6H2,1H3,(H,21,23)(H,22,26). The third-order valence-corrected chi connectivity index (χ3v) is 4.07. The number of nitrogens with one attached hydrogen (secondary N) is 2. The van der Waals surface area contributed by atoms with Gasteiger partial charge in [0.25, 0.3) is 5.91 Å². The lowest BCUT2D eigenvalue weighted by Crippen LogP contribution is -2.28. The monoisotopic (exact) mass is 360 g/mol. The molecule has 1 aromatic heterocycles. The molecule has 1 amide bonds. The van der Waals surface area contributed by atoms with Gasteiger partial charge in [-0.15, -0.1) is 0 Å². The molecule has 3 aromatic rings. The van der Waals surface area contributed by atoms with Gasteiger partial charge < -0.3 is 15.3 Å². The van der Waals surface area contributed by atoms with Crippen LogP contribution in [0, 0.1) is 11.6 Å². The molecule has 0 radical (unpaired) electrons. The number of carbonyl (C=O) groups excluding carboxylic acids is 1. The first-order valence-electron chi connectivity index (χ1n) is 8.12. The summed E-state index contributed by atoms with van der Waals surface area (Å²) in [4.78, 5) is 14.0. The number of rotatable bonds is 6. The van der Waals surface area contributed by atoms with E-state index in [2.05, 4.69) is 15.5 Å². The van der Waals surface area contributed by atoms with Gasteiger partial charge in [-0.25, -0.2) is 8.78 Å². The van der Waals surface area contributed by atoms with Crippen LogP contribution in [0.2, 0.25) is 0 Å². The van der Waals surface area contributed by atoms with Crippen LogP contribution in [0.25, 0.3) is 10.9 Å². The van der Waals surface area contributed by atoms with Crippen LogP contribution in [0.1, 0.15) is 17.3 Å². The molecule has 0 saturated heterocycles. The number of H-pyrrole nitrogens is 1. The summed E-state index contributed by atoms with van der Waals surface area (Å²) in [5.74, 6) is -2.43. The molecule has 0 aliphatic rings. The highest BCUT2D eigenvalue weighted by molar-refractivity contribution is 6.05. The average Bonchev–Trinajstić information content (AvgIpc) is 3.08. The van der Waals surface area contributed by atoms with Crippen LogP contribution in [0.5, 0.6) is 0 Å². The fourth-order valence-electron chi connectivity index (χ4n) is 2.74. The van der Waals surface area contributed by atoms with Gasteiger partial charge in [0.15, 0.2) is 0 Å². The molecule has 1 heterocycles. The number of carbonyl (C=O) groups is 1. The van der Waals surface area contributed by atoms with Crippen molar-refractivity contribution in [2.75, 3.05) is 29.9 Å². The Bertz CT molecular complexity index is 942. The second kappa shape index (κ2) is 7.49. The number of aromatic nitrogens is 2. The summed E-state index contributed by atoms with van der Waals surface area (Å²) in [6.45, 7) is 2.17. The third-order valence-electron chi connectivity index (χ3n) is 4.07. The summed E-state index contributed by atoms with van der Waals surface area (Å²) in [7, 11) is 0. The normalized spacial score (nSPS) is 10.9. The largest absolute Gasteiger partial charge is 0.395 e. The molecular formula is C18H18F2N4O2. The zero-order valence-electron chi connectivity index (χ0n) is 14.1. The van der Waals surface area contributed by atoms with E-state index >= 15 is 0 Å². The summed E-state index contributed by atoms with van der Waals surface area (Å²) in [5, 5.41) is 19.2. The van der Waals surface area contributed by atoms with Crippen LogP contribution < -0.4 is 10.2 Å². The summed E-state index contributed by atoms with van der Waals surface area (Å²) < 4.78 is 28.3. The van der Waals surface area contributed by atoms with Crippen molar-refractivity contribution >= 4 is 28.2 Å². The van der Waals surface area contributed by atoms with Crippen LogP contribution in [0.15, 0.2) is 36.5 Å². The van der Waals surface area contributed by atoms with Crippen molar-refractivity contribution in [3.05, 3.63) is 53.7 Å². The molecule has 0 aliphatic heterocycles. The minimum absolute atomic E-state index is 0.0668. The van der Waals surface area contributed by atoms with Gasteiger partial charge in [0, 0.05) is 30.2 Å². The fourth-order valence-corrected chi connectivity index (χ4v) is 2.74. The Morgan fingerprint density at radius 3 is 2.81 bits per heavy atom. The van der Waals surface area contributed by atoms with Crippen molar-refractivity contribution in [1.82, 2.24) is 10.2 Å². The number of amides is 1. The van der Waals surface area contributed by atoms with Gasteiger partial charge in [-0.2, -0.15) is 5.10 Å². The fraction of sp³-hybridized carbons (Fsp3) is 0.222. The number of aliphatic hydroxyl groups is 1. The van der Waals surface area contributed by atoms with Gasteiger partial charge >= 0.3 is 0 Å². The number of nitrogens with zero attached hydrogens (tertiary/aromatic N) is 2. The molecule has 0 atom stereocenters. The highest BCUT2D eigenvalue weighted by atomic mass is 19.1. The number of aliphatic hydroxyl groups excluding tert-OH is 1. The Labute approximate surface area is 148 Å². The molecule has 26 heavy (non-hydrogen) atoms. The second-order valence-corrected chi connectivity index (χ2v) is 5.71. The van der Waals surface area contributed by atoms with Gasteiger partial charge in [-0.05, 0) is 31.2 Å². The van der Waals surface area contributed by atoms with Crippen LogP contribution in [0.3, 0.4) is 0 Å². The first kappa shape index (κ1) is 17.8. The molecule has 0 unspecified atom stereocenters. The molecule has 0 saturated carbocycles. The summed E-state index contributed by atoms with van der Waals surface area (Å²) in [6.07, 6.45) is 1.65. The SMILES string of the molecule is CCN(CCO)c1cc(C(=O)Nc2ccc3cn[nH]c3c2)c(F)cc1F. The van der Waals surface area contributed by atoms with E-state index in [-0.39, 0.29) is 24.4 Å². The minimum atomic E-state index is -0.952. The Morgan fingerprint density at radius 2 is 2.08 bits per heavy atom. The van der Waals surface area contributed by atoms with Crippen LogP contribution >= 0.6 is 0 Å². The lowest BCUT2D eigenvalue weighted by Gasteiger charge is -2.23. The highest BCUT2D eigenvalue weighted by Gasteiger charge is 2.19. The predicted molar refractivity (Wildman–Crippen MR) is 95.4 cm³/mol. The Balaban J connectivity index is 1.90. The van der Waals surface area contributed by atoms with Crippen LogP contribution in [0.4, 0.5) is 20.2 Å². The van der Waals surface area contributed by atoms with E-state index < -0.39 is 17.5 Å². The maximum atomic E-state index is 14.2. The van der Waals surface area contributed by atoms with Gasteiger partial charge in [-0.3, -0.25) is 9.89 Å². The smallest absolute Gasteiger partial charge is 0.258 e. The molecule has 136 valence electrons. The van der Waals surface area contributed by atoms with E-state index in [9.17, 15) is 13.6 Å². The van der Waals surface area contributed by atoms with Gasteiger partial charge in [0.1, 0.15) is 11.6 Å². The lowest BCUT2D eigenvalue weighted by atomic mass is 10.1. The first-order valence-corrected chi connectivity index (χ1v) is 8.12. The maximum Gasteiger partial charge on any atom is 0.258 e. The van der Waals surface area contributed by atoms with Crippen molar-refractivity contribution in [3.8, 4) is 0 Å². The number of hydrogen-bond acceptors (Lipinski definition) is 4. The Morgan fingerprint density at radius 1 is 1.27 bits per heavy atom. The summed E-state index contributed by atoms with van der Waals surface area (Å²) in [5.41, 5.74) is 0.975. The zero-order chi connectivity index (χ0) is 18.7. The molecule has 0 aliphatic carbocycles. The Hall–Kier alpha value is -3.00. The molecule has 0 spiro atoms. The predicted octanol–water partition coefficient (Wildman–Crippen LogP) is 2.91. The first-order chi connectivity index (χ1) is 12.5. The molecule has 8 heteroatoms. The van der Waals surface area contributed by atoms with Crippen molar-refractivity contribution < 1.29 is 18.7 Å².